The molecule has 1 aromatic carbocycles. The van der Waals surface area contributed by atoms with E-state index in [1.54, 1.807) is 24.1 Å². The molecule has 0 radical (unpaired) electrons. The van der Waals surface area contributed by atoms with E-state index in [1.807, 2.05) is 29.7 Å². The van der Waals surface area contributed by atoms with Crippen LogP contribution >= 0.6 is 0 Å². The molecule has 1 fully saturated rings. The second kappa shape index (κ2) is 8.35. The minimum atomic E-state index is -0.130. The number of likely N-dealkylation sites (tertiary alicyclic amines) is 1. The Labute approximate surface area is 157 Å². The summed E-state index contributed by atoms with van der Waals surface area (Å²) in [5, 5.41) is 3.53. The van der Waals surface area contributed by atoms with Crippen LogP contribution in [0.3, 0.4) is 0 Å². The first-order valence-electron chi connectivity index (χ1n) is 9.12. The summed E-state index contributed by atoms with van der Waals surface area (Å²) in [5.74, 6) is 0.0911. The molecule has 1 unspecified atom stereocenters. The monoisotopic (exact) mass is 371 g/mol. The van der Waals surface area contributed by atoms with Gasteiger partial charge in [0, 0.05) is 56.2 Å². The number of benzene rings is 1. The fourth-order valence-electron chi connectivity index (χ4n) is 3.53. The van der Waals surface area contributed by atoms with Gasteiger partial charge in [0.2, 0.25) is 11.8 Å². The van der Waals surface area contributed by atoms with Crippen LogP contribution in [0.4, 0.5) is 0 Å². The van der Waals surface area contributed by atoms with Crippen molar-refractivity contribution >= 4 is 22.7 Å². The number of amides is 2. The van der Waals surface area contributed by atoms with Crippen molar-refractivity contribution in [2.45, 2.75) is 19.9 Å². The highest BCUT2D eigenvalue weighted by molar-refractivity contribution is 5.83. The molecule has 3 rings (SSSR count). The Morgan fingerprint density at radius 2 is 2.07 bits per heavy atom. The van der Waals surface area contributed by atoms with Gasteiger partial charge in [-0.2, -0.15) is 0 Å². The summed E-state index contributed by atoms with van der Waals surface area (Å²) in [6.07, 6.45) is 0.448. The predicted molar refractivity (Wildman–Crippen MR) is 103 cm³/mol. The molecule has 0 saturated carbocycles. The van der Waals surface area contributed by atoms with E-state index in [0.717, 1.165) is 11.2 Å². The second-order valence-electron chi connectivity index (χ2n) is 6.96. The Morgan fingerprint density at radius 1 is 1.30 bits per heavy atom. The molecule has 1 aliphatic rings. The third-order valence-electron chi connectivity index (χ3n) is 4.98. The highest BCUT2D eigenvalue weighted by Crippen LogP contribution is 2.17. The van der Waals surface area contributed by atoms with Gasteiger partial charge in [-0.15, -0.1) is 0 Å². The van der Waals surface area contributed by atoms with Gasteiger partial charge >= 0.3 is 0 Å². The van der Waals surface area contributed by atoms with E-state index in [2.05, 4.69) is 5.32 Å². The fourth-order valence-corrected chi connectivity index (χ4v) is 3.53. The number of aromatic nitrogens is 1. The Hall–Kier alpha value is -2.67. The number of carbonyl (C=O) groups excluding carboxylic acids is 2. The summed E-state index contributed by atoms with van der Waals surface area (Å²) >= 11 is 0. The van der Waals surface area contributed by atoms with Crippen molar-refractivity contribution in [1.29, 1.82) is 0 Å². The fraction of sp³-hybridized carbons (Fsp3) is 0.450. The maximum absolute atomic E-state index is 12.5. The van der Waals surface area contributed by atoms with Crippen molar-refractivity contribution in [3.8, 4) is 0 Å². The minimum absolute atomic E-state index is 0.0413. The van der Waals surface area contributed by atoms with Gasteiger partial charge in [-0.1, -0.05) is 12.1 Å². The number of hydrogen-bond donors (Lipinski definition) is 1. The zero-order chi connectivity index (χ0) is 19.4. The largest absolute Gasteiger partial charge is 0.383 e. The topological polar surface area (TPSA) is 80.6 Å². The van der Waals surface area contributed by atoms with E-state index in [9.17, 15) is 14.4 Å². The van der Waals surface area contributed by atoms with Crippen LogP contribution in [0.1, 0.15) is 12.1 Å². The van der Waals surface area contributed by atoms with Crippen molar-refractivity contribution in [3.05, 3.63) is 46.2 Å². The number of nitrogens with zero attached hydrogens (tertiary/aromatic N) is 2. The van der Waals surface area contributed by atoms with Gasteiger partial charge in [0.1, 0.15) is 6.54 Å². The summed E-state index contributed by atoms with van der Waals surface area (Å²) in [6.45, 7) is 4.17. The molecule has 2 heterocycles. The average Bonchev–Trinajstić information content (AvgIpc) is 3.01. The number of rotatable bonds is 7. The summed E-state index contributed by atoms with van der Waals surface area (Å²) in [7, 11) is 1.61. The molecule has 2 aromatic rings. The summed E-state index contributed by atoms with van der Waals surface area (Å²) in [4.78, 5) is 38.3. The lowest BCUT2D eigenvalue weighted by atomic mass is 10.1. The zero-order valence-electron chi connectivity index (χ0n) is 15.7. The summed E-state index contributed by atoms with van der Waals surface area (Å²) in [5.41, 5.74) is 1.45. The molecular formula is C20H25N3O4. The van der Waals surface area contributed by atoms with Gasteiger partial charge < -0.3 is 19.5 Å². The quantitative estimate of drug-likeness (QED) is 0.785. The molecule has 144 valence electrons. The highest BCUT2D eigenvalue weighted by atomic mass is 16.5. The Balaban J connectivity index is 1.62. The van der Waals surface area contributed by atoms with E-state index >= 15 is 0 Å². The smallest absolute Gasteiger partial charge is 0.239 e. The molecular weight excluding hydrogens is 346 g/mol. The number of nitrogens with one attached hydrogen (secondary N) is 1. The van der Waals surface area contributed by atoms with Crippen molar-refractivity contribution in [1.82, 2.24) is 14.8 Å². The van der Waals surface area contributed by atoms with Gasteiger partial charge in [0.05, 0.1) is 12.1 Å². The van der Waals surface area contributed by atoms with Gasteiger partial charge in [-0.25, -0.2) is 0 Å². The van der Waals surface area contributed by atoms with Gasteiger partial charge in [0.25, 0.3) is 0 Å². The van der Waals surface area contributed by atoms with Crippen LogP contribution in [0.2, 0.25) is 0 Å². The van der Waals surface area contributed by atoms with Crippen LogP contribution in [0.15, 0.2) is 35.1 Å². The van der Waals surface area contributed by atoms with E-state index in [1.165, 1.54) is 0 Å². The lowest BCUT2D eigenvalue weighted by Crippen LogP contribution is -2.34. The molecule has 1 saturated heterocycles. The Bertz CT molecular complexity index is 906. The predicted octanol–water partition coefficient (Wildman–Crippen LogP) is 0.921. The number of methoxy groups -OCH3 is 1. The second-order valence-corrected chi connectivity index (χ2v) is 6.96. The van der Waals surface area contributed by atoms with Crippen LogP contribution in [0, 0.1) is 12.8 Å². The third kappa shape index (κ3) is 4.36. The number of aryl methyl sites for hydroxylation is 1. The summed E-state index contributed by atoms with van der Waals surface area (Å²) in [6, 6.07) is 8.84. The van der Waals surface area contributed by atoms with Gasteiger partial charge in [-0.3, -0.25) is 14.4 Å². The Kier molecular flexibility index (Phi) is 5.91. The SMILES string of the molecule is COCCN1CC(CNC(=O)Cn2c(C)cc(=O)c3ccccc32)CC1=O. The van der Waals surface area contributed by atoms with E-state index < -0.39 is 0 Å². The number of fused-ring (bicyclic) bond motifs is 1. The molecule has 7 heteroatoms. The van der Waals surface area contributed by atoms with Crippen LogP contribution in [0.25, 0.3) is 10.9 Å². The molecule has 2 amide bonds. The van der Waals surface area contributed by atoms with Crippen molar-refractivity contribution in [3.63, 3.8) is 0 Å². The van der Waals surface area contributed by atoms with Gasteiger partial charge in [0.15, 0.2) is 5.43 Å². The molecule has 1 N–H and O–H groups in total. The lowest BCUT2D eigenvalue weighted by molar-refractivity contribution is -0.128. The molecule has 1 aromatic heterocycles. The van der Waals surface area contributed by atoms with Crippen LogP contribution in [-0.2, 0) is 20.9 Å². The molecule has 27 heavy (non-hydrogen) atoms. The molecule has 1 aliphatic heterocycles. The van der Waals surface area contributed by atoms with E-state index in [4.69, 9.17) is 4.74 Å². The molecule has 0 bridgehead atoms. The summed E-state index contributed by atoms with van der Waals surface area (Å²) < 4.78 is 6.86. The number of carbonyl (C=O) groups is 2. The molecule has 1 atom stereocenters. The molecule has 7 nitrogen and oxygen atoms in total. The third-order valence-corrected chi connectivity index (χ3v) is 4.98. The lowest BCUT2D eigenvalue weighted by Gasteiger charge is -2.17. The average molecular weight is 371 g/mol. The first kappa shape index (κ1) is 19.1. The number of pyridine rings is 1. The number of ether oxygens (including phenoxy) is 1. The van der Waals surface area contributed by atoms with Crippen molar-refractivity contribution < 1.29 is 14.3 Å². The number of para-hydroxylation sites is 1. The molecule has 0 spiro atoms. The minimum Gasteiger partial charge on any atom is -0.383 e. The standard InChI is InChI=1S/C20H25N3O4/c1-14-9-18(24)16-5-3-4-6-17(16)23(14)13-19(25)21-11-15-10-20(26)22(12-15)7-8-27-2/h3-6,9,15H,7-8,10-13H2,1-2H3,(H,21,25). The highest BCUT2D eigenvalue weighted by Gasteiger charge is 2.29. The van der Waals surface area contributed by atoms with Crippen LogP contribution < -0.4 is 10.7 Å². The maximum atomic E-state index is 12.5. The normalized spacial score (nSPS) is 16.9. The van der Waals surface area contributed by atoms with Gasteiger partial charge in [-0.05, 0) is 19.1 Å². The van der Waals surface area contributed by atoms with E-state index in [0.29, 0.717) is 38.0 Å². The Morgan fingerprint density at radius 3 is 2.85 bits per heavy atom. The first-order chi connectivity index (χ1) is 13.0. The van der Waals surface area contributed by atoms with Crippen LogP contribution in [-0.4, -0.2) is 54.6 Å². The molecule has 0 aliphatic carbocycles. The van der Waals surface area contributed by atoms with E-state index in [-0.39, 0.29) is 29.7 Å². The van der Waals surface area contributed by atoms with Crippen molar-refractivity contribution in [2.24, 2.45) is 5.92 Å². The zero-order valence-corrected chi connectivity index (χ0v) is 15.7. The van der Waals surface area contributed by atoms with Crippen molar-refractivity contribution in [2.75, 3.05) is 33.4 Å². The van der Waals surface area contributed by atoms with Crippen LogP contribution in [0.5, 0.6) is 0 Å². The number of hydrogen-bond acceptors (Lipinski definition) is 4. The maximum Gasteiger partial charge on any atom is 0.239 e. The first-order valence-corrected chi connectivity index (χ1v) is 9.12.